The maximum Gasteiger partial charge on any atom is 0.163 e. The molecule has 1 heterocycles. The smallest absolute Gasteiger partial charge is 0.163 e. The lowest BCUT2D eigenvalue weighted by Gasteiger charge is -2.13. The van der Waals surface area contributed by atoms with Crippen molar-refractivity contribution < 1.29 is 14.3 Å². The first-order valence-corrected chi connectivity index (χ1v) is 7.43. The monoisotopic (exact) mass is 315 g/mol. The van der Waals surface area contributed by atoms with E-state index in [9.17, 15) is 4.79 Å². The maximum absolute atomic E-state index is 11.9. The van der Waals surface area contributed by atoms with E-state index in [0.717, 1.165) is 22.9 Å². The quantitative estimate of drug-likeness (QED) is 0.580. The number of benzene rings is 1. The Balaban J connectivity index is 2.25. The number of carbonyl (C=O) groups is 1. The van der Waals surface area contributed by atoms with Crippen LogP contribution in [0.2, 0.25) is 0 Å². The van der Waals surface area contributed by atoms with Gasteiger partial charge >= 0.3 is 0 Å². The maximum atomic E-state index is 11.9. The fourth-order valence-corrected chi connectivity index (χ4v) is 2.31. The number of rotatable bonds is 7. The van der Waals surface area contributed by atoms with Gasteiger partial charge in [-0.25, -0.2) is 0 Å². The lowest BCUT2D eigenvalue weighted by atomic mass is 10.1. The number of hydrogen-bond donors (Lipinski definition) is 0. The van der Waals surface area contributed by atoms with E-state index in [1.54, 1.807) is 7.11 Å². The summed E-state index contributed by atoms with van der Waals surface area (Å²) in [5.41, 5.74) is 1.73. The largest absolute Gasteiger partial charge is 0.501 e. The van der Waals surface area contributed by atoms with Crippen LogP contribution in [0.5, 0.6) is 5.75 Å². The number of hydrogen-bond acceptors (Lipinski definition) is 5. The third-order valence-electron chi connectivity index (χ3n) is 3.37. The molecule has 23 heavy (non-hydrogen) atoms. The summed E-state index contributed by atoms with van der Waals surface area (Å²) in [7, 11) is 1.61. The standard InChI is InChI=1S/C17H21N3O3/c1-5-23-9-8-15(21)10-14-6-7-16(17(11-14)22-4)20-12(2)18-19-13(20)3/h6-9,11H,5,10H2,1-4H3/b9-8+. The molecule has 0 aliphatic rings. The van der Waals surface area contributed by atoms with E-state index < -0.39 is 0 Å². The third-order valence-corrected chi connectivity index (χ3v) is 3.37. The molecule has 0 aliphatic carbocycles. The highest BCUT2D eigenvalue weighted by Gasteiger charge is 2.13. The van der Waals surface area contributed by atoms with E-state index in [1.807, 2.05) is 43.5 Å². The second kappa shape index (κ2) is 7.58. The molecule has 1 aromatic heterocycles. The minimum atomic E-state index is -0.0232. The Hall–Kier alpha value is -2.63. The molecule has 122 valence electrons. The summed E-state index contributed by atoms with van der Waals surface area (Å²) >= 11 is 0. The van der Waals surface area contributed by atoms with Gasteiger partial charge < -0.3 is 9.47 Å². The second-order valence-electron chi connectivity index (χ2n) is 5.04. The molecule has 0 saturated carbocycles. The third kappa shape index (κ3) is 3.97. The minimum absolute atomic E-state index is 0.0232. The molecule has 2 rings (SSSR count). The first kappa shape index (κ1) is 16.7. The van der Waals surface area contributed by atoms with Gasteiger partial charge in [0.1, 0.15) is 17.4 Å². The van der Waals surface area contributed by atoms with Crippen LogP contribution in [-0.4, -0.2) is 34.3 Å². The predicted octanol–water partition coefficient (Wildman–Crippen LogP) is 2.55. The van der Waals surface area contributed by atoms with Gasteiger partial charge in [-0.2, -0.15) is 0 Å². The molecule has 0 amide bonds. The summed E-state index contributed by atoms with van der Waals surface area (Å²) in [6.45, 7) is 6.18. The molecule has 1 aromatic carbocycles. The van der Waals surface area contributed by atoms with Crippen LogP contribution in [0.15, 0.2) is 30.5 Å². The van der Waals surface area contributed by atoms with Crippen LogP contribution < -0.4 is 4.74 Å². The van der Waals surface area contributed by atoms with Crippen LogP contribution in [-0.2, 0) is 16.0 Å². The molecular formula is C17H21N3O3. The van der Waals surface area contributed by atoms with E-state index in [1.165, 1.54) is 12.3 Å². The summed E-state index contributed by atoms with van der Waals surface area (Å²) in [5.74, 6) is 2.22. The van der Waals surface area contributed by atoms with Crippen LogP contribution >= 0.6 is 0 Å². The van der Waals surface area contributed by atoms with Gasteiger partial charge in [-0.15, -0.1) is 10.2 Å². The van der Waals surface area contributed by atoms with Gasteiger partial charge in [-0.1, -0.05) is 6.07 Å². The number of allylic oxidation sites excluding steroid dienone is 1. The van der Waals surface area contributed by atoms with Crippen LogP contribution in [0.3, 0.4) is 0 Å². The lowest BCUT2D eigenvalue weighted by Crippen LogP contribution is -2.04. The molecule has 0 fully saturated rings. The molecule has 0 saturated heterocycles. The number of aryl methyl sites for hydroxylation is 2. The van der Waals surface area contributed by atoms with Gasteiger partial charge in [0.15, 0.2) is 5.78 Å². The number of ketones is 1. The highest BCUT2D eigenvalue weighted by Crippen LogP contribution is 2.26. The Morgan fingerprint density at radius 2 is 1.96 bits per heavy atom. The predicted molar refractivity (Wildman–Crippen MR) is 86.9 cm³/mol. The van der Waals surface area contributed by atoms with E-state index in [4.69, 9.17) is 9.47 Å². The summed E-state index contributed by atoms with van der Waals surface area (Å²) < 4.78 is 12.4. The van der Waals surface area contributed by atoms with Crippen molar-refractivity contribution in [2.75, 3.05) is 13.7 Å². The molecule has 6 heteroatoms. The Bertz CT molecular complexity index is 700. The normalized spacial score (nSPS) is 11.0. The van der Waals surface area contributed by atoms with Gasteiger partial charge in [0.2, 0.25) is 0 Å². The molecule has 0 N–H and O–H groups in total. The Labute approximate surface area is 135 Å². The van der Waals surface area contributed by atoms with Crippen LogP contribution in [0, 0.1) is 13.8 Å². The van der Waals surface area contributed by atoms with Crippen molar-refractivity contribution in [3.8, 4) is 11.4 Å². The van der Waals surface area contributed by atoms with Crippen molar-refractivity contribution in [2.45, 2.75) is 27.2 Å². The SMILES string of the molecule is CCO/C=C/C(=O)Cc1ccc(-n2c(C)nnc2C)c(OC)c1. The molecule has 0 spiro atoms. The van der Waals surface area contributed by atoms with Crippen LogP contribution in [0.4, 0.5) is 0 Å². The number of carbonyl (C=O) groups excluding carboxylic acids is 1. The summed E-state index contributed by atoms with van der Waals surface area (Å²) in [5, 5.41) is 8.12. The van der Waals surface area contributed by atoms with Crippen molar-refractivity contribution in [3.63, 3.8) is 0 Å². The molecule has 0 atom stereocenters. The highest BCUT2D eigenvalue weighted by molar-refractivity contribution is 5.91. The average molecular weight is 315 g/mol. The van der Waals surface area contributed by atoms with E-state index in [0.29, 0.717) is 18.8 Å². The van der Waals surface area contributed by atoms with Crippen LogP contribution in [0.1, 0.15) is 24.1 Å². The second-order valence-corrected chi connectivity index (χ2v) is 5.04. The first-order chi connectivity index (χ1) is 11.1. The molecule has 0 unspecified atom stereocenters. The zero-order valence-electron chi connectivity index (χ0n) is 13.9. The average Bonchev–Trinajstić information content (AvgIpc) is 2.86. The number of methoxy groups -OCH3 is 1. The van der Waals surface area contributed by atoms with Crippen molar-refractivity contribution in [1.29, 1.82) is 0 Å². The van der Waals surface area contributed by atoms with Crippen LogP contribution in [0.25, 0.3) is 5.69 Å². The highest BCUT2D eigenvalue weighted by atomic mass is 16.5. The van der Waals surface area contributed by atoms with Crippen molar-refractivity contribution in [3.05, 3.63) is 47.7 Å². The van der Waals surface area contributed by atoms with Gasteiger partial charge in [-0.05, 0) is 38.5 Å². The fourth-order valence-electron chi connectivity index (χ4n) is 2.31. The van der Waals surface area contributed by atoms with Crippen molar-refractivity contribution >= 4 is 5.78 Å². The molecule has 0 radical (unpaired) electrons. The number of aromatic nitrogens is 3. The zero-order valence-corrected chi connectivity index (χ0v) is 13.9. The van der Waals surface area contributed by atoms with Gasteiger partial charge in [0.05, 0.1) is 25.7 Å². The summed E-state index contributed by atoms with van der Waals surface area (Å²) in [6.07, 6.45) is 3.16. The molecule has 6 nitrogen and oxygen atoms in total. The van der Waals surface area contributed by atoms with Gasteiger partial charge in [-0.3, -0.25) is 9.36 Å². The lowest BCUT2D eigenvalue weighted by molar-refractivity contribution is -0.114. The number of ether oxygens (including phenoxy) is 2. The van der Waals surface area contributed by atoms with Crippen molar-refractivity contribution in [1.82, 2.24) is 14.8 Å². The van der Waals surface area contributed by atoms with Gasteiger partial charge in [0, 0.05) is 12.5 Å². The zero-order chi connectivity index (χ0) is 16.8. The molecular weight excluding hydrogens is 294 g/mol. The minimum Gasteiger partial charge on any atom is -0.501 e. The van der Waals surface area contributed by atoms with E-state index in [-0.39, 0.29) is 5.78 Å². The Morgan fingerprint density at radius 3 is 2.57 bits per heavy atom. The molecule has 0 bridgehead atoms. The summed E-state index contributed by atoms with van der Waals surface area (Å²) in [6, 6.07) is 5.68. The Kier molecular flexibility index (Phi) is 5.51. The fraction of sp³-hybridized carbons (Fsp3) is 0.353. The van der Waals surface area contributed by atoms with E-state index in [2.05, 4.69) is 10.2 Å². The number of nitrogens with zero attached hydrogens (tertiary/aromatic N) is 3. The molecule has 2 aromatic rings. The first-order valence-electron chi connectivity index (χ1n) is 7.43. The van der Waals surface area contributed by atoms with Crippen molar-refractivity contribution in [2.24, 2.45) is 0 Å². The molecule has 0 aliphatic heterocycles. The topological polar surface area (TPSA) is 66.2 Å². The van der Waals surface area contributed by atoms with Gasteiger partial charge in [0.25, 0.3) is 0 Å². The Morgan fingerprint density at radius 1 is 1.26 bits per heavy atom. The summed E-state index contributed by atoms with van der Waals surface area (Å²) in [4.78, 5) is 11.9. The van der Waals surface area contributed by atoms with E-state index >= 15 is 0 Å².